The van der Waals surface area contributed by atoms with Gasteiger partial charge in [0, 0.05) is 17.0 Å². The average Bonchev–Trinajstić information content (AvgIpc) is 3.07. The maximum absolute atomic E-state index is 12.5. The fraction of sp³-hybridized carbons (Fsp3) is 0.143. The van der Waals surface area contributed by atoms with Gasteiger partial charge in [-0.1, -0.05) is 42.5 Å². The van der Waals surface area contributed by atoms with Gasteiger partial charge < -0.3 is 15.4 Å². The Bertz CT molecular complexity index is 1200. The predicted octanol–water partition coefficient (Wildman–Crippen LogP) is 3.64. The predicted molar refractivity (Wildman–Crippen MR) is 127 cm³/mol. The molecule has 0 spiro atoms. The van der Waals surface area contributed by atoms with Crippen LogP contribution in [-0.4, -0.2) is 26.6 Å². The number of primary sulfonamides is 1. The molecule has 3 rings (SSSR count). The number of carbonyl (C=O) groups excluding carboxylic acids is 1. The minimum atomic E-state index is -3.73. The molecule has 0 saturated heterocycles. The molecular formula is C21H21N3O4S3. The first-order chi connectivity index (χ1) is 14.7. The number of anilines is 1. The summed E-state index contributed by atoms with van der Waals surface area (Å²) in [5.41, 5.74) is 2.97. The first-order valence-electron chi connectivity index (χ1n) is 9.14. The summed E-state index contributed by atoms with van der Waals surface area (Å²) in [6.45, 7) is 2.30. The lowest BCUT2D eigenvalue weighted by atomic mass is 10.0. The van der Waals surface area contributed by atoms with Crippen molar-refractivity contribution in [3.63, 3.8) is 0 Å². The van der Waals surface area contributed by atoms with Crippen LogP contribution in [0.25, 0.3) is 11.1 Å². The molecule has 2 aromatic carbocycles. The van der Waals surface area contributed by atoms with E-state index in [9.17, 15) is 13.2 Å². The van der Waals surface area contributed by atoms with Crippen molar-refractivity contribution in [2.45, 2.75) is 18.4 Å². The van der Waals surface area contributed by atoms with Gasteiger partial charge in [-0.15, -0.1) is 11.3 Å². The highest BCUT2D eigenvalue weighted by molar-refractivity contribution is 7.89. The van der Waals surface area contributed by atoms with E-state index in [0.29, 0.717) is 22.2 Å². The smallest absolute Gasteiger partial charge is 0.341 e. The second-order valence-corrected chi connectivity index (χ2v) is 9.79. The molecule has 0 aliphatic heterocycles. The molecule has 0 aliphatic carbocycles. The van der Waals surface area contributed by atoms with Crippen LogP contribution in [0.4, 0.5) is 5.00 Å². The molecule has 0 fully saturated rings. The molecule has 0 aliphatic rings. The lowest BCUT2D eigenvalue weighted by molar-refractivity contribution is 0.0603. The quantitative estimate of drug-likeness (QED) is 0.369. The summed E-state index contributed by atoms with van der Waals surface area (Å²) in [6, 6.07) is 15.8. The first-order valence-corrected chi connectivity index (χ1v) is 11.9. The zero-order valence-electron chi connectivity index (χ0n) is 16.8. The number of thiophene rings is 1. The Morgan fingerprint density at radius 1 is 1.13 bits per heavy atom. The van der Waals surface area contributed by atoms with Crippen LogP contribution in [-0.2, 0) is 21.3 Å². The Hall–Kier alpha value is -2.79. The van der Waals surface area contributed by atoms with Crippen molar-refractivity contribution in [2.24, 2.45) is 5.14 Å². The summed E-state index contributed by atoms with van der Waals surface area (Å²) in [4.78, 5) is 13.5. The second kappa shape index (κ2) is 9.56. The third-order valence-corrected chi connectivity index (χ3v) is 6.66. The van der Waals surface area contributed by atoms with Gasteiger partial charge in [0.05, 0.1) is 12.0 Å². The van der Waals surface area contributed by atoms with Crippen LogP contribution in [0.15, 0.2) is 59.5 Å². The maximum Gasteiger partial charge on any atom is 0.341 e. The van der Waals surface area contributed by atoms with Gasteiger partial charge >= 0.3 is 5.97 Å². The van der Waals surface area contributed by atoms with Crippen molar-refractivity contribution in [3.05, 3.63) is 70.6 Å². The number of sulfonamides is 1. The Kier molecular flexibility index (Phi) is 7.06. The van der Waals surface area contributed by atoms with E-state index in [-0.39, 0.29) is 4.90 Å². The molecule has 4 N–H and O–H groups in total. The second-order valence-electron chi connectivity index (χ2n) is 6.59. The number of methoxy groups -OCH3 is 1. The van der Waals surface area contributed by atoms with Crippen molar-refractivity contribution in [2.75, 3.05) is 12.4 Å². The molecule has 0 bridgehead atoms. The standard InChI is InChI=1S/C21H21N3O4S3/c1-13-17(15-6-4-3-5-7-15)18(20(25)28-2)19(30-13)24-21(29)23-12-14-8-10-16(11-9-14)31(22,26)27/h3-11H,12H2,1-2H3,(H2,22,26,27)(H2,23,24,29). The number of hydrogen-bond donors (Lipinski definition) is 3. The first kappa shape index (κ1) is 22.9. The fourth-order valence-electron chi connectivity index (χ4n) is 3.01. The molecule has 31 heavy (non-hydrogen) atoms. The highest BCUT2D eigenvalue weighted by atomic mass is 32.2. The largest absolute Gasteiger partial charge is 0.465 e. The summed E-state index contributed by atoms with van der Waals surface area (Å²) in [6.07, 6.45) is 0. The highest BCUT2D eigenvalue weighted by Gasteiger charge is 2.24. The molecule has 0 unspecified atom stereocenters. The SMILES string of the molecule is COC(=O)c1c(NC(=S)NCc2ccc(S(N)(=O)=O)cc2)sc(C)c1-c1ccccc1. The summed E-state index contributed by atoms with van der Waals surface area (Å²) in [5.74, 6) is -0.452. The van der Waals surface area contributed by atoms with Gasteiger partial charge in [0.1, 0.15) is 10.6 Å². The molecule has 0 radical (unpaired) electrons. The Balaban J connectivity index is 1.77. The van der Waals surface area contributed by atoms with Crippen molar-refractivity contribution < 1.29 is 17.9 Å². The van der Waals surface area contributed by atoms with Crippen LogP contribution in [0, 0.1) is 6.92 Å². The van der Waals surface area contributed by atoms with E-state index < -0.39 is 16.0 Å². The summed E-state index contributed by atoms with van der Waals surface area (Å²) in [5, 5.41) is 12.2. The number of nitrogens with two attached hydrogens (primary N) is 1. The lowest BCUT2D eigenvalue weighted by Crippen LogP contribution is -2.28. The van der Waals surface area contributed by atoms with E-state index in [4.69, 9.17) is 22.1 Å². The zero-order valence-corrected chi connectivity index (χ0v) is 19.3. The van der Waals surface area contributed by atoms with Gasteiger partial charge in [-0.25, -0.2) is 18.4 Å². The van der Waals surface area contributed by atoms with Crippen molar-refractivity contribution in [1.82, 2.24) is 5.32 Å². The number of thiocarbonyl (C=S) groups is 1. The highest BCUT2D eigenvalue weighted by Crippen LogP contribution is 2.40. The molecule has 1 heterocycles. The average molecular weight is 476 g/mol. The molecular weight excluding hydrogens is 454 g/mol. The summed E-state index contributed by atoms with van der Waals surface area (Å²) >= 11 is 6.80. The van der Waals surface area contributed by atoms with E-state index in [1.54, 1.807) is 12.1 Å². The van der Waals surface area contributed by atoms with Crippen LogP contribution in [0.1, 0.15) is 20.8 Å². The number of aryl methyl sites for hydroxylation is 1. The van der Waals surface area contributed by atoms with E-state index in [0.717, 1.165) is 21.6 Å². The van der Waals surface area contributed by atoms with E-state index in [1.165, 1.54) is 30.6 Å². The fourth-order valence-corrected chi connectivity index (χ4v) is 4.83. The van der Waals surface area contributed by atoms with Crippen LogP contribution >= 0.6 is 23.6 Å². The van der Waals surface area contributed by atoms with Gasteiger partial charge in [0.2, 0.25) is 10.0 Å². The number of benzene rings is 2. The van der Waals surface area contributed by atoms with Gasteiger partial charge in [-0.2, -0.15) is 0 Å². The number of rotatable bonds is 6. The van der Waals surface area contributed by atoms with Crippen LogP contribution in [0.3, 0.4) is 0 Å². The third kappa shape index (κ3) is 5.47. The van der Waals surface area contributed by atoms with Crippen molar-refractivity contribution in [3.8, 4) is 11.1 Å². The Morgan fingerprint density at radius 3 is 2.35 bits per heavy atom. The van der Waals surface area contributed by atoms with Crippen LogP contribution < -0.4 is 15.8 Å². The molecule has 7 nitrogen and oxygen atoms in total. The van der Waals surface area contributed by atoms with E-state index >= 15 is 0 Å². The van der Waals surface area contributed by atoms with E-state index in [2.05, 4.69) is 10.6 Å². The maximum atomic E-state index is 12.5. The monoisotopic (exact) mass is 475 g/mol. The van der Waals surface area contributed by atoms with Crippen molar-refractivity contribution in [1.29, 1.82) is 0 Å². The Morgan fingerprint density at radius 2 is 1.77 bits per heavy atom. The van der Waals surface area contributed by atoms with Gasteiger partial charge in [0.25, 0.3) is 0 Å². The van der Waals surface area contributed by atoms with Gasteiger partial charge in [-0.05, 0) is 42.4 Å². The molecule has 1 aromatic heterocycles. The molecule has 3 aromatic rings. The number of esters is 1. The van der Waals surface area contributed by atoms with Crippen LogP contribution in [0.2, 0.25) is 0 Å². The zero-order chi connectivity index (χ0) is 22.6. The number of ether oxygens (including phenoxy) is 1. The molecule has 0 saturated carbocycles. The van der Waals surface area contributed by atoms with Crippen molar-refractivity contribution >= 4 is 49.7 Å². The summed E-state index contributed by atoms with van der Waals surface area (Å²) < 4.78 is 27.7. The lowest BCUT2D eigenvalue weighted by Gasteiger charge is -2.11. The third-order valence-electron chi connectivity index (χ3n) is 4.47. The molecule has 162 valence electrons. The van der Waals surface area contributed by atoms with Gasteiger partial charge in [0.15, 0.2) is 5.11 Å². The normalized spacial score (nSPS) is 11.1. The molecule has 0 atom stereocenters. The molecule has 0 amide bonds. The molecule has 10 heteroatoms. The minimum absolute atomic E-state index is 0.0437. The van der Waals surface area contributed by atoms with Gasteiger partial charge in [-0.3, -0.25) is 0 Å². The number of carbonyl (C=O) groups is 1. The summed E-state index contributed by atoms with van der Waals surface area (Å²) in [7, 11) is -2.39. The number of hydrogen-bond acceptors (Lipinski definition) is 6. The Labute approximate surface area is 190 Å². The number of nitrogens with one attached hydrogen (secondary N) is 2. The van der Waals surface area contributed by atoms with E-state index in [1.807, 2.05) is 37.3 Å². The van der Waals surface area contributed by atoms with Crippen LogP contribution in [0.5, 0.6) is 0 Å². The minimum Gasteiger partial charge on any atom is -0.465 e. The topological polar surface area (TPSA) is 111 Å².